The summed E-state index contributed by atoms with van der Waals surface area (Å²) in [6.07, 6.45) is -0.390. The molecule has 0 radical (unpaired) electrons. The number of sulfonamides is 1. The lowest BCUT2D eigenvalue weighted by atomic mass is 9.99. The first kappa shape index (κ1) is 31.1. The van der Waals surface area contributed by atoms with Gasteiger partial charge in [-0.25, -0.2) is 8.42 Å². The quantitative estimate of drug-likeness (QED) is 0.137. The first-order valence-electron chi connectivity index (χ1n) is 14.3. The van der Waals surface area contributed by atoms with Gasteiger partial charge < -0.3 is 4.74 Å². The molecule has 0 amide bonds. The Morgan fingerprint density at radius 1 is 0.932 bits per heavy atom. The summed E-state index contributed by atoms with van der Waals surface area (Å²) >= 11 is 0. The van der Waals surface area contributed by atoms with E-state index < -0.39 is 21.8 Å². The van der Waals surface area contributed by atoms with Crippen LogP contribution in [0, 0.1) is 0 Å². The molecule has 0 bridgehead atoms. The Balaban J connectivity index is 1.22. The molecule has 44 heavy (non-hydrogen) atoms. The molecule has 0 spiro atoms. The molecule has 4 aromatic rings. The molecule has 0 unspecified atom stereocenters. The number of anilines is 1. The van der Waals surface area contributed by atoms with Crippen LogP contribution in [0.15, 0.2) is 108 Å². The number of halogens is 3. The minimum Gasteiger partial charge on any atom is -0.494 e. The van der Waals surface area contributed by atoms with E-state index in [4.69, 9.17) is 4.74 Å². The molecule has 9 heteroatoms. The minimum absolute atomic E-state index is 0.155. The second-order valence-electron chi connectivity index (χ2n) is 10.7. The molecule has 5 nitrogen and oxygen atoms in total. The van der Waals surface area contributed by atoms with E-state index in [0.29, 0.717) is 49.7 Å². The van der Waals surface area contributed by atoms with Crippen molar-refractivity contribution in [3.8, 4) is 5.75 Å². The number of ether oxygens (including phenoxy) is 1. The Bertz CT molecular complexity index is 1750. The van der Waals surface area contributed by atoms with Gasteiger partial charge in [-0.2, -0.15) is 13.2 Å². The first-order valence-corrected chi connectivity index (χ1v) is 15.8. The van der Waals surface area contributed by atoms with Crippen LogP contribution in [0.4, 0.5) is 18.9 Å². The number of aryl methyl sites for hydroxylation is 1. The smallest absolute Gasteiger partial charge is 0.416 e. The highest BCUT2D eigenvalue weighted by molar-refractivity contribution is 7.92. The molecule has 0 aromatic heterocycles. The lowest BCUT2D eigenvalue weighted by Crippen LogP contribution is -2.30. The van der Waals surface area contributed by atoms with Crippen LogP contribution in [-0.2, 0) is 42.1 Å². The van der Waals surface area contributed by atoms with Crippen molar-refractivity contribution in [1.29, 1.82) is 0 Å². The van der Waals surface area contributed by atoms with Crippen molar-refractivity contribution in [2.45, 2.75) is 43.4 Å². The van der Waals surface area contributed by atoms with Crippen molar-refractivity contribution in [3.05, 3.63) is 137 Å². The van der Waals surface area contributed by atoms with Gasteiger partial charge in [0.25, 0.3) is 10.0 Å². The fourth-order valence-corrected chi connectivity index (χ4v) is 6.35. The van der Waals surface area contributed by atoms with Crippen molar-refractivity contribution >= 4 is 21.8 Å². The molecule has 228 valence electrons. The highest BCUT2D eigenvalue weighted by atomic mass is 32.2. The number of fused-ring (bicyclic) bond motifs is 1. The molecule has 1 aliphatic rings. The van der Waals surface area contributed by atoms with Crippen LogP contribution in [-0.4, -0.2) is 26.5 Å². The molecule has 0 saturated carbocycles. The van der Waals surface area contributed by atoms with E-state index in [9.17, 15) is 21.6 Å². The second kappa shape index (κ2) is 13.6. The van der Waals surface area contributed by atoms with Crippen molar-refractivity contribution in [3.63, 3.8) is 0 Å². The maximum absolute atomic E-state index is 13.4. The van der Waals surface area contributed by atoms with E-state index in [2.05, 4.69) is 34.1 Å². The van der Waals surface area contributed by atoms with Crippen LogP contribution in [0.2, 0.25) is 0 Å². The topological polar surface area (TPSA) is 58.6 Å². The zero-order chi connectivity index (χ0) is 31.2. The Labute approximate surface area is 256 Å². The van der Waals surface area contributed by atoms with Gasteiger partial charge in [-0.1, -0.05) is 55.1 Å². The van der Waals surface area contributed by atoms with Crippen LogP contribution in [0.1, 0.15) is 39.8 Å². The molecule has 1 N–H and O–H groups in total. The summed E-state index contributed by atoms with van der Waals surface area (Å²) in [6.45, 7) is 5.90. The Hall–Kier alpha value is -4.30. The van der Waals surface area contributed by atoms with Gasteiger partial charge in [-0.3, -0.25) is 9.62 Å². The number of nitrogens with one attached hydrogen (secondary N) is 1. The summed E-state index contributed by atoms with van der Waals surface area (Å²) in [5.41, 5.74) is 6.98. The summed E-state index contributed by atoms with van der Waals surface area (Å²) in [4.78, 5) is 2.29. The van der Waals surface area contributed by atoms with Crippen LogP contribution < -0.4 is 9.46 Å². The average molecular weight is 619 g/mol. The molecule has 5 rings (SSSR count). The van der Waals surface area contributed by atoms with Crippen LogP contribution >= 0.6 is 0 Å². The largest absolute Gasteiger partial charge is 0.494 e. The van der Waals surface area contributed by atoms with E-state index in [0.717, 1.165) is 41.7 Å². The third-order valence-corrected chi connectivity index (χ3v) is 8.88. The summed E-state index contributed by atoms with van der Waals surface area (Å²) in [5.74, 6) is 0.622. The molecule has 0 atom stereocenters. The third-order valence-electron chi connectivity index (χ3n) is 7.51. The SMILES string of the molecule is C=C=Cc1cc(OCCCc2ccccc2)ccc1NS(=O)(=O)c1ccc2c(c1)CCN(Cc1ccc(C(F)(F)F)cc1)C2. The van der Waals surface area contributed by atoms with Gasteiger partial charge >= 0.3 is 6.18 Å². The highest BCUT2D eigenvalue weighted by Crippen LogP contribution is 2.31. The number of hydrogen-bond acceptors (Lipinski definition) is 4. The number of alkyl halides is 3. The average Bonchev–Trinajstić information content (AvgIpc) is 3.00. The van der Waals surface area contributed by atoms with Crippen LogP contribution in [0.25, 0.3) is 6.08 Å². The lowest BCUT2D eigenvalue weighted by molar-refractivity contribution is -0.137. The zero-order valence-corrected chi connectivity index (χ0v) is 24.9. The predicted octanol–water partition coefficient (Wildman–Crippen LogP) is 7.87. The van der Waals surface area contributed by atoms with Crippen LogP contribution in [0.3, 0.4) is 0 Å². The number of hydrogen-bond donors (Lipinski definition) is 1. The fraction of sp³-hybridized carbons (Fsp3) is 0.229. The van der Waals surface area contributed by atoms with Crippen molar-refractivity contribution in [1.82, 2.24) is 4.90 Å². The lowest BCUT2D eigenvalue weighted by Gasteiger charge is -2.29. The Kier molecular flexibility index (Phi) is 9.59. The van der Waals surface area contributed by atoms with Crippen molar-refractivity contribution < 1.29 is 26.3 Å². The molecular formula is C35H33F3N2O3S. The normalized spacial score (nSPS) is 13.5. The zero-order valence-electron chi connectivity index (χ0n) is 24.1. The number of rotatable bonds is 11. The molecule has 1 heterocycles. The molecule has 0 aliphatic carbocycles. The van der Waals surface area contributed by atoms with Crippen molar-refractivity contribution in [2.75, 3.05) is 17.9 Å². The molecule has 0 fully saturated rings. The van der Waals surface area contributed by atoms with E-state index >= 15 is 0 Å². The molecule has 4 aromatic carbocycles. The standard InChI is InChI=1S/C35H33F3N2O3S/c1-2-7-29-22-32(43-21-6-10-26-8-4-3-5-9-26)16-18-34(29)39-44(41,42)33-17-13-30-25-40(20-19-28(30)23-33)24-27-11-14-31(15-12-27)35(36,37)38/h3-5,7-9,11-18,22-23,39H,1,6,10,19-21,24-25H2. The predicted molar refractivity (Wildman–Crippen MR) is 167 cm³/mol. The first-order chi connectivity index (χ1) is 21.1. The Morgan fingerprint density at radius 3 is 2.43 bits per heavy atom. The maximum Gasteiger partial charge on any atom is 0.416 e. The molecule has 1 aliphatic heterocycles. The minimum atomic E-state index is -4.36. The van der Waals surface area contributed by atoms with E-state index in [1.807, 2.05) is 18.2 Å². The fourth-order valence-electron chi connectivity index (χ4n) is 5.21. The summed E-state index contributed by atoms with van der Waals surface area (Å²) in [7, 11) is -3.89. The van der Waals surface area contributed by atoms with Gasteiger partial charge in [-0.15, -0.1) is 5.73 Å². The van der Waals surface area contributed by atoms with Crippen LogP contribution in [0.5, 0.6) is 5.75 Å². The van der Waals surface area contributed by atoms with Gasteiger partial charge in [0.2, 0.25) is 0 Å². The highest BCUT2D eigenvalue weighted by Gasteiger charge is 2.30. The van der Waals surface area contributed by atoms with E-state index in [1.165, 1.54) is 17.7 Å². The van der Waals surface area contributed by atoms with Gasteiger partial charge in [0.1, 0.15) is 5.75 Å². The summed E-state index contributed by atoms with van der Waals surface area (Å²) in [6, 6.07) is 25.6. The molecule has 0 saturated heterocycles. The Morgan fingerprint density at radius 2 is 1.70 bits per heavy atom. The number of nitrogens with zero attached hydrogens (tertiary/aromatic N) is 1. The number of benzene rings is 4. The summed E-state index contributed by atoms with van der Waals surface area (Å²) < 4.78 is 74.0. The van der Waals surface area contributed by atoms with E-state index in [1.54, 1.807) is 42.5 Å². The summed E-state index contributed by atoms with van der Waals surface area (Å²) in [5, 5.41) is 0. The molecular weight excluding hydrogens is 585 g/mol. The maximum atomic E-state index is 13.4. The van der Waals surface area contributed by atoms with Crippen molar-refractivity contribution in [2.24, 2.45) is 0 Å². The second-order valence-corrected chi connectivity index (χ2v) is 12.4. The monoisotopic (exact) mass is 618 g/mol. The van der Waals surface area contributed by atoms with Gasteiger partial charge in [0.15, 0.2) is 0 Å². The van der Waals surface area contributed by atoms with Gasteiger partial charge in [0, 0.05) is 25.2 Å². The third kappa shape index (κ3) is 7.99. The van der Waals surface area contributed by atoms with E-state index in [-0.39, 0.29) is 4.90 Å². The van der Waals surface area contributed by atoms with Gasteiger partial charge in [-0.05, 0) is 90.1 Å². The van der Waals surface area contributed by atoms with Gasteiger partial charge in [0.05, 0.1) is 22.8 Å².